The lowest BCUT2D eigenvalue weighted by atomic mass is 9.82. The van der Waals surface area contributed by atoms with Crippen molar-refractivity contribution in [2.75, 3.05) is 0 Å². The molecule has 0 fully saturated rings. The van der Waals surface area contributed by atoms with Gasteiger partial charge >= 0.3 is 6.18 Å². The van der Waals surface area contributed by atoms with E-state index in [1.54, 1.807) is 36.4 Å². The Balaban J connectivity index is 1.98. The van der Waals surface area contributed by atoms with Crippen LogP contribution in [0.5, 0.6) is 0 Å². The number of oxime groups is 1. The van der Waals surface area contributed by atoms with Gasteiger partial charge < -0.3 is 4.84 Å². The van der Waals surface area contributed by atoms with Crippen molar-refractivity contribution in [3.8, 4) is 0 Å². The fraction of sp³-hybridized carbons (Fsp3) is 0.350. The van der Waals surface area contributed by atoms with E-state index in [-0.39, 0.29) is 17.4 Å². The lowest BCUT2D eigenvalue weighted by Gasteiger charge is -2.30. The molecule has 1 aliphatic heterocycles. The first-order valence-electron chi connectivity index (χ1n) is 8.12. The molecule has 2 aromatic carbocycles. The Kier molecular flexibility index (Phi) is 4.13. The van der Waals surface area contributed by atoms with Crippen molar-refractivity contribution in [1.82, 2.24) is 0 Å². The van der Waals surface area contributed by atoms with Crippen molar-refractivity contribution < 1.29 is 18.0 Å². The summed E-state index contributed by atoms with van der Waals surface area (Å²) in [5.41, 5.74) is -0.586. The highest BCUT2D eigenvalue weighted by Crippen LogP contribution is 2.48. The van der Waals surface area contributed by atoms with Crippen molar-refractivity contribution in [1.29, 1.82) is 0 Å². The zero-order valence-corrected chi connectivity index (χ0v) is 14.4. The maximum absolute atomic E-state index is 13.9. The molecule has 0 N–H and O–H groups in total. The molecule has 25 heavy (non-hydrogen) atoms. The molecule has 0 amide bonds. The summed E-state index contributed by atoms with van der Waals surface area (Å²) >= 11 is 0. The lowest BCUT2D eigenvalue weighted by Crippen LogP contribution is -2.42. The van der Waals surface area contributed by atoms with Crippen molar-refractivity contribution in [3.05, 3.63) is 71.3 Å². The van der Waals surface area contributed by atoms with E-state index < -0.39 is 11.8 Å². The number of halogens is 3. The maximum atomic E-state index is 13.9. The van der Waals surface area contributed by atoms with Crippen molar-refractivity contribution in [2.24, 2.45) is 5.16 Å². The van der Waals surface area contributed by atoms with Gasteiger partial charge in [-0.2, -0.15) is 13.2 Å². The molecule has 0 aromatic heterocycles. The molecule has 1 heterocycles. The Morgan fingerprint density at radius 1 is 0.920 bits per heavy atom. The largest absolute Gasteiger partial charge is 0.435 e. The van der Waals surface area contributed by atoms with E-state index >= 15 is 0 Å². The zero-order valence-electron chi connectivity index (χ0n) is 14.4. The first-order chi connectivity index (χ1) is 11.6. The summed E-state index contributed by atoms with van der Waals surface area (Å²) in [5, 5.41) is 3.77. The number of rotatable bonds is 2. The summed E-state index contributed by atoms with van der Waals surface area (Å²) in [4.78, 5) is 5.05. The van der Waals surface area contributed by atoms with Gasteiger partial charge in [0, 0.05) is 12.0 Å². The molecule has 3 rings (SSSR count). The first kappa shape index (κ1) is 17.5. The van der Waals surface area contributed by atoms with E-state index in [2.05, 4.69) is 5.16 Å². The molecule has 1 aliphatic rings. The molecule has 0 saturated heterocycles. The molecular weight excluding hydrogens is 327 g/mol. The number of hydrogen-bond donors (Lipinski definition) is 0. The van der Waals surface area contributed by atoms with Crippen LogP contribution in [0.15, 0.2) is 59.8 Å². The summed E-state index contributed by atoms with van der Waals surface area (Å²) in [5.74, 6) is 0. The predicted octanol–water partition coefficient (Wildman–Crippen LogP) is 5.57. The fourth-order valence-corrected chi connectivity index (χ4v) is 2.93. The fourth-order valence-electron chi connectivity index (χ4n) is 2.93. The van der Waals surface area contributed by atoms with Gasteiger partial charge in [-0.1, -0.05) is 80.5 Å². The normalized spacial score (nSPS) is 21.0. The molecule has 0 bridgehead atoms. The Morgan fingerprint density at radius 3 is 2.04 bits per heavy atom. The summed E-state index contributed by atoms with van der Waals surface area (Å²) in [6.45, 7) is 6.05. The molecule has 0 radical (unpaired) electrons. The van der Waals surface area contributed by atoms with Crippen molar-refractivity contribution in [2.45, 2.75) is 44.4 Å². The van der Waals surface area contributed by atoms with E-state index in [0.29, 0.717) is 11.3 Å². The number of hydrogen-bond acceptors (Lipinski definition) is 2. The molecule has 1 unspecified atom stereocenters. The Hall–Kier alpha value is -2.30. The van der Waals surface area contributed by atoms with Crippen LogP contribution < -0.4 is 0 Å². The minimum atomic E-state index is -4.57. The summed E-state index contributed by atoms with van der Waals surface area (Å²) in [6, 6.07) is 15.3. The molecule has 132 valence electrons. The number of alkyl halides is 3. The topological polar surface area (TPSA) is 21.6 Å². The van der Waals surface area contributed by atoms with E-state index in [1.807, 2.05) is 26.8 Å². The van der Waals surface area contributed by atoms with Crippen molar-refractivity contribution >= 4 is 5.71 Å². The second-order valence-electron chi connectivity index (χ2n) is 7.32. The van der Waals surface area contributed by atoms with Gasteiger partial charge in [-0.05, 0) is 16.5 Å². The average molecular weight is 347 g/mol. The molecular formula is C20H20F3NO. The smallest absolute Gasteiger partial charge is 0.374 e. The van der Waals surface area contributed by atoms with Crippen LogP contribution in [0.1, 0.15) is 43.9 Å². The van der Waals surface area contributed by atoms with Crippen LogP contribution in [0.2, 0.25) is 0 Å². The molecule has 0 saturated carbocycles. The molecule has 2 aromatic rings. The average Bonchev–Trinajstić information content (AvgIpc) is 3.01. The summed E-state index contributed by atoms with van der Waals surface area (Å²) < 4.78 is 41.8. The summed E-state index contributed by atoms with van der Waals surface area (Å²) in [7, 11) is 0. The van der Waals surface area contributed by atoms with Gasteiger partial charge in [-0.15, -0.1) is 0 Å². The quantitative estimate of drug-likeness (QED) is 0.696. The highest BCUT2D eigenvalue weighted by atomic mass is 19.4. The third-order valence-corrected chi connectivity index (χ3v) is 4.51. The van der Waals surface area contributed by atoms with Crippen molar-refractivity contribution in [3.63, 3.8) is 0 Å². The van der Waals surface area contributed by atoms with E-state index in [0.717, 1.165) is 5.56 Å². The minimum absolute atomic E-state index is 0.0719. The third kappa shape index (κ3) is 3.15. The van der Waals surface area contributed by atoms with E-state index in [4.69, 9.17) is 4.84 Å². The second kappa shape index (κ2) is 5.90. The lowest BCUT2D eigenvalue weighted by molar-refractivity contribution is -0.275. The second-order valence-corrected chi connectivity index (χ2v) is 7.32. The van der Waals surface area contributed by atoms with E-state index in [9.17, 15) is 13.2 Å². The number of nitrogens with zero attached hydrogens (tertiary/aromatic N) is 1. The standard InChI is InChI=1S/C20H20F3NO/c1-18(2,3)15-9-11-16(12-10-15)19(20(21,22)23)13-17(24-25-19)14-7-5-4-6-8-14/h4-12H,13H2,1-3H3. The van der Waals surface area contributed by atoms with Crippen LogP contribution in [0.3, 0.4) is 0 Å². The van der Waals surface area contributed by atoms with Crippen LogP contribution >= 0.6 is 0 Å². The maximum Gasteiger partial charge on any atom is 0.435 e. The van der Waals surface area contributed by atoms with Gasteiger partial charge in [-0.3, -0.25) is 0 Å². The van der Waals surface area contributed by atoms with Crippen LogP contribution in [-0.4, -0.2) is 11.9 Å². The molecule has 5 heteroatoms. The van der Waals surface area contributed by atoms with Crippen LogP contribution in [0.4, 0.5) is 13.2 Å². The molecule has 0 spiro atoms. The van der Waals surface area contributed by atoms with Gasteiger partial charge in [0.25, 0.3) is 5.60 Å². The van der Waals surface area contributed by atoms with Gasteiger partial charge in [0.15, 0.2) is 0 Å². The van der Waals surface area contributed by atoms with Crippen LogP contribution in [0.25, 0.3) is 0 Å². The Bertz CT molecular complexity index is 773. The first-order valence-corrected chi connectivity index (χ1v) is 8.12. The Morgan fingerprint density at radius 2 is 1.52 bits per heavy atom. The number of benzene rings is 2. The zero-order chi connectivity index (χ0) is 18.3. The molecule has 1 atom stereocenters. The van der Waals surface area contributed by atoms with Crippen LogP contribution in [0, 0.1) is 0 Å². The highest BCUT2D eigenvalue weighted by molar-refractivity contribution is 6.01. The van der Waals surface area contributed by atoms with E-state index in [1.165, 1.54) is 12.1 Å². The van der Waals surface area contributed by atoms with Gasteiger partial charge in [0.2, 0.25) is 0 Å². The van der Waals surface area contributed by atoms with Crippen LogP contribution in [-0.2, 0) is 15.9 Å². The molecule has 2 nitrogen and oxygen atoms in total. The molecule has 0 aliphatic carbocycles. The minimum Gasteiger partial charge on any atom is -0.374 e. The van der Waals surface area contributed by atoms with Gasteiger partial charge in [0.1, 0.15) is 0 Å². The monoisotopic (exact) mass is 347 g/mol. The highest BCUT2D eigenvalue weighted by Gasteiger charge is 2.62. The SMILES string of the molecule is CC(C)(C)c1ccc(C2(C(F)(F)F)CC(c3ccccc3)=NO2)cc1. The summed E-state index contributed by atoms with van der Waals surface area (Å²) in [6.07, 6.45) is -4.91. The van der Waals surface area contributed by atoms with Gasteiger partial charge in [-0.25, -0.2) is 0 Å². The van der Waals surface area contributed by atoms with Gasteiger partial charge in [0.05, 0.1) is 5.71 Å². The predicted molar refractivity (Wildman–Crippen MR) is 91.6 cm³/mol. The Labute approximate surface area is 145 Å². The third-order valence-electron chi connectivity index (χ3n) is 4.51.